The Labute approximate surface area is 138 Å². The second-order valence-electron chi connectivity index (χ2n) is 5.85. The van der Waals surface area contributed by atoms with Gasteiger partial charge in [0.05, 0.1) is 12.2 Å². The monoisotopic (exact) mass is 350 g/mol. The number of fused-ring (bicyclic) bond motifs is 2. The highest BCUT2D eigenvalue weighted by Gasteiger charge is 2.41. The van der Waals surface area contributed by atoms with Gasteiger partial charge in [0.2, 0.25) is 15.9 Å². The lowest BCUT2D eigenvalue weighted by molar-refractivity contribution is 0.176. The van der Waals surface area contributed by atoms with Crippen molar-refractivity contribution in [1.82, 2.24) is 19.6 Å². The molecule has 1 fully saturated rings. The maximum atomic E-state index is 13.8. The van der Waals surface area contributed by atoms with Gasteiger partial charge in [0.15, 0.2) is 0 Å². The minimum absolute atomic E-state index is 0.0473. The average molecular weight is 350 g/mol. The van der Waals surface area contributed by atoms with Gasteiger partial charge in [-0.3, -0.25) is 9.88 Å². The van der Waals surface area contributed by atoms with Gasteiger partial charge in [-0.05, 0) is 18.2 Å². The number of ether oxygens (including phenoxy) is 1. The first-order chi connectivity index (χ1) is 11.5. The zero-order chi connectivity index (χ0) is 16.7. The Morgan fingerprint density at radius 1 is 1.33 bits per heavy atom. The van der Waals surface area contributed by atoms with E-state index in [1.54, 1.807) is 12.1 Å². The summed E-state index contributed by atoms with van der Waals surface area (Å²) in [6, 6.07) is 4.23. The number of aromatic nitrogens is 2. The van der Waals surface area contributed by atoms with Gasteiger partial charge in [-0.2, -0.15) is 0 Å². The lowest BCUT2D eigenvalue weighted by atomic mass is 10.2. The standard InChI is InChI=1S/C15H15FN4O3S/c16-11-6-17-5-3-10(11)7-20-8-12-13(9-20)23-15-14(2-1-4-18-15)24(21,22)19-12/h1-6,12-13,19H,7-9H2/t12-,13+/m1/s1. The SMILES string of the molecule is O=S1(=O)N[C@@H]2CN(Cc3ccncc3F)C[C@@H]2Oc2ncccc21. The summed E-state index contributed by atoms with van der Waals surface area (Å²) in [6.07, 6.45) is 3.82. The van der Waals surface area contributed by atoms with E-state index >= 15 is 0 Å². The highest BCUT2D eigenvalue weighted by molar-refractivity contribution is 7.89. The first-order valence-corrected chi connectivity index (χ1v) is 8.96. The van der Waals surface area contributed by atoms with Gasteiger partial charge in [-0.25, -0.2) is 22.5 Å². The van der Waals surface area contributed by atoms with Gasteiger partial charge in [0, 0.05) is 37.6 Å². The maximum Gasteiger partial charge on any atom is 0.246 e. The summed E-state index contributed by atoms with van der Waals surface area (Å²) in [4.78, 5) is 9.76. The lowest BCUT2D eigenvalue weighted by Gasteiger charge is -2.16. The van der Waals surface area contributed by atoms with E-state index in [4.69, 9.17) is 4.74 Å². The minimum Gasteiger partial charge on any atom is -0.470 e. The largest absolute Gasteiger partial charge is 0.470 e. The molecule has 24 heavy (non-hydrogen) atoms. The molecule has 2 aromatic heterocycles. The Hall–Kier alpha value is -2.10. The van der Waals surface area contributed by atoms with E-state index in [0.717, 1.165) is 0 Å². The molecule has 2 aromatic rings. The van der Waals surface area contributed by atoms with E-state index in [0.29, 0.717) is 25.2 Å². The predicted octanol–water partition coefficient (Wildman–Crippen LogP) is 0.539. The van der Waals surface area contributed by atoms with Crippen LogP contribution in [0.25, 0.3) is 0 Å². The second-order valence-corrected chi connectivity index (χ2v) is 7.53. The number of likely N-dealkylation sites (tertiary alicyclic amines) is 1. The molecule has 126 valence electrons. The van der Waals surface area contributed by atoms with E-state index in [-0.39, 0.29) is 22.7 Å². The first-order valence-electron chi connectivity index (χ1n) is 7.48. The lowest BCUT2D eigenvalue weighted by Crippen LogP contribution is -2.42. The summed E-state index contributed by atoms with van der Waals surface area (Å²) in [6.45, 7) is 1.27. The first kappa shape index (κ1) is 15.4. The summed E-state index contributed by atoms with van der Waals surface area (Å²) in [5.74, 6) is -0.271. The molecule has 0 radical (unpaired) electrons. The van der Waals surface area contributed by atoms with Crippen molar-refractivity contribution in [3.8, 4) is 5.88 Å². The molecular formula is C15H15FN4O3S. The van der Waals surface area contributed by atoms with Crippen molar-refractivity contribution < 1.29 is 17.5 Å². The fraction of sp³-hybridized carbons (Fsp3) is 0.333. The Morgan fingerprint density at radius 3 is 3.04 bits per heavy atom. The number of nitrogens with one attached hydrogen (secondary N) is 1. The van der Waals surface area contributed by atoms with Crippen LogP contribution in [0, 0.1) is 5.82 Å². The maximum absolute atomic E-state index is 13.8. The smallest absolute Gasteiger partial charge is 0.246 e. The Bertz CT molecular complexity index is 877. The molecule has 0 bridgehead atoms. The Kier molecular flexibility index (Phi) is 3.70. The quantitative estimate of drug-likeness (QED) is 0.851. The molecule has 7 nitrogen and oxygen atoms in total. The van der Waals surface area contributed by atoms with E-state index < -0.39 is 16.1 Å². The summed E-state index contributed by atoms with van der Waals surface area (Å²) in [5, 5.41) is 0. The highest BCUT2D eigenvalue weighted by Crippen LogP contribution is 2.29. The van der Waals surface area contributed by atoms with Gasteiger partial charge in [-0.15, -0.1) is 0 Å². The predicted molar refractivity (Wildman–Crippen MR) is 82.2 cm³/mol. The Balaban J connectivity index is 1.57. The third-order valence-electron chi connectivity index (χ3n) is 4.19. The van der Waals surface area contributed by atoms with E-state index in [2.05, 4.69) is 14.7 Å². The average Bonchev–Trinajstić information content (AvgIpc) is 2.86. The number of halogens is 1. The number of sulfonamides is 1. The summed E-state index contributed by atoms with van der Waals surface area (Å²) >= 11 is 0. The van der Waals surface area contributed by atoms with Crippen LogP contribution in [0.1, 0.15) is 5.56 Å². The third-order valence-corrected chi connectivity index (χ3v) is 5.69. The minimum atomic E-state index is -3.69. The van der Waals surface area contributed by atoms with Crippen LogP contribution < -0.4 is 9.46 Å². The number of hydrogen-bond acceptors (Lipinski definition) is 6. The fourth-order valence-corrected chi connectivity index (χ4v) is 4.40. The van der Waals surface area contributed by atoms with Crippen LogP contribution in [0.4, 0.5) is 4.39 Å². The molecule has 4 rings (SSSR count). The van der Waals surface area contributed by atoms with E-state index in [1.807, 2.05) is 4.90 Å². The molecule has 1 N–H and O–H groups in total. The van der Waals surface area contributed by atoms with E-state index in [1.165, 1.54) is 24.7 Å². The summed E-state index contributed by atoms with van der Waals surface area (Å²) in [7, 11) is -3.69. The highest BCUT2D eigenvalue weighted by atomic mass is 32.2. The molecular weight excluding hydrogens is 335 g/mol. The number of pyridine rings is 2. The molecule has 0 aromatic carbocycles. The van der Waals surface area contributed by atoms with Crippen LogP contribution in [0.5, 0.6) is 5.88 Å². The van der Waals surface area contributed by atoms with Crippen molar-refractivity contribution >= 4 is 10.0 Å². The molecule has 0 unspecified atom stereocenters. The fourth-order valence-electron chi connectivity index (χ4n) is 3.06. The van der Waals surface area contributed by atoms with Gasteiger partial charge in [-0.1, -0.05) is 0 Å². The summed E-state index contributed by atoms with van der Waals surface area (Å²) in [5.41, 5.74) is 0.517. The topological polar surface area (TPSA) is 84.4 Å². The second kappa shape index (κ2) is 5.76. The van der Waals surface area contributed by atoms with Crippen molar-refractivity contribution in [2.45, 2.75) is 23.6 Å². The molecule has 0 amide bonds. The summed E-state index contributed by atoms with van der Waals surface area (Å²) < 4.78 is 47.1. The van der Waals surface area contributed by atoms with Gasteiger partial charge in [0.1, 0.15) is 16.8 Å². The van der Waals surface area contributed by atoms with Crippen molar-refractivity contribution in [3.63, 3.8) is 0 Å². The van der Waals surface area contributed by atoms with Crippen molar-refractivity contribution in [2.75, 3.05) is 13.1 Å². The van der Waals surface area contributed by atoms with Gasteiger partial charge in [0.25, 0.3) is 0 Å². The van der Waals surface area contributed by atoms with Crippen LogP contribution in [0.15, 0.2) is 41.7 Å². The number of rotatable bonds is 2. The molecule has 0 aliphatic carbocycles. The Morgan fingerprint density at radius 2 is 2.21 bits per heavy atom. The zero-order valence-electron chi connectivity index (χ0n) is 12.6. The molecule has 4 heterocycles. The zero-order valence-corrected chi connectivity index (χ0v) is 13.4. The van der Waals surface area contributed by atoms with Crippen molar-refractivity contribution in [2.24, 2.45) is 0 Å². The van der Waals surface area contributed by atoms with Gasteiger partial charge < -0.3 is 4.74 Å². The van der Waals surface area contributed by atoms with Crippen LogP contribution in [-0.2, 0) is 16.6 Å². The normalized spacial score (nSPS) is 25.4. The number of nitrogens with zero attached hydrogens (tertiary/aromatic N) is 3. The van der Waals surface area contributed by atoms with Crippen LogP contribution in [0.3, 0.4) is 0 Å². The molecule has 2 aliphatic rings. The third kappa shape index (κ3) is 2.74. The molecule has 1 saturated heterocycles. The molecule has 9 heteroatoms. The molecule has 0 saturated carbocycles. The van der Waals surface area contributed by atoms with Gasteiger partial charge >= 0.3 is 0 Å². The molecule has 2 aliphatic heterocycles. The van der Waals surface area contributed by atoms with Crippen molar-refractivity contribution in [1.29, 1.82) is 0 Å². The van der Waals surface area contributed by atoms with E-state index in [9.17, 15) is 12.8 Å². The molecule has 0 spiro atoms. The number of hydrogen-bond donors (Lipinski definition) is 1. The van der Waals surface area contributed by atoms with Crippen LogP contribution >= 0.6 is 0 Å². The molecule has 2 atom stereocenters. The van der Waals surface area contributed by atoms with Crippen molar-refractivity contribution in [3.05, 3.63) is 48.2 Å². The van der Waals surface area contributed by atoms with Crippen LogP contribution in [-0.4, -0.2) is 48.5 Å². The van der Waals surface area contributed by atoms with Crippen LogP contribution in [0.2, 0.25) is 0 Å².